The van der Waals surface area contributed by atoms with Crippen molar-refractivity contribution < 1.29 is 5.11 Å². The summed E-state index contributed by atoms with van der Waals surface area (Å²) in [6.07, 6.45) is 4.30. The van der Waals surface area contributed by atoms with Gasteiger partial charge in [0.15, 0.2) is 0 Å². The molecule has 0 heterocycles. The highest BCUT2D eigenvalue weighted by Crippen LogP contribution is 2.36. The molecular formula is C14H20O. The van der Waals surface area contributed by atoms with E-state index in [0.717, 1.165) is 0 Å². The van der Waals surface area contributed by atoms with E-state index in [2.05, 4.69) is 32.9 Å². The lowest BCUT2D eigenvalue weighted by atomic mass is 9.76. The molecule has 15 heavy (non-hydrogen) atoms. The molecule has 0 spiro atoms. The zero-order chi connectivity index (χ0) is 11.5. The molecule has 1 atom stereocenters. The fraction of sp³-hybridized carbons (Fsp3) is 0.429. The minimum Gasteiger partial charge on any atom is -0.508 e. The van der Waals surface area contributed by atoms with Crippen molar-refractivity contribution in [3.63, 3.8) is 0 Å². The Morgan fingerprint density at radius 3 is 2.07 bits per heavy atom. The molecule has 1 nitrogen and oxygen atoms in total. The second kappa shape index (κ2) is 4.52. The molecule has 0 aliphatic rings. The summed E-state index contributed by atoms with van der Waals surface area (Å²) in [6.45, 7) is 8.72. The maximum atomic E-state index is 9.25. The Morgan fingerprint density at radius 1 is 1.13 bits per heavy atom. The zero-order valence-electron chi connectivity index (χ0n) is 9.99. The topological polar surface area (TPSA) is 20.2 Å². The second-order valence-electron chi connectivity index (χ2n) is 4.96. The van der Waals surface area contributed by atoms with Crippen LogP contribution in [-0.2, 0) is 0 Å². The van der Waals surface area contributed by atoms with Crippen LogP contribution in [0, 0.1) is 5.41 Å². The van der Waals surface area contributed by atoms with Gasteiger partial charge >= 0.3 is 0 Å². The third-order valence-electron chi connectivity index (χ3n) is 2.57. The first-order chi connectivity index (χ1) is 6.95. The average Bonchev–Trinajstić information content (AvgIpc) is 2.14. The number of allylic oxidation sites excluding steroid dienone is 2. The molecule has 0 aliphatic carbocycles. The van der Waals surface area contributed by atoms with Crippen molar-refractivity contribution in [2.75, 3.05) is 0 Å². The molecule has 1 aromatic carbocycles. The van der Waals surface area contributed by atoms with Gasteiger partial charge in [0, 0.05) is 5.92 Å². The first-order valence-corrected chi connectivity index (χ1v) is 5.37. The summed E-state index contributed by atoms with van der Waals surface area (Å²) in [5.41, 5.74) is 1.45. The van der Waals surface area contributed by atoms with Crippen molar-refractivity contribution in [3.05, 3.63) is 42.0 Å². The smallest absolute Gasteiger partial charge is 0.115 e. The number of benzene rings is 1. The molecule has 82 valence electrons. The van der Waals surface area contributed by atoms with Gasteiger partial charge in [0.05, 0.1) is 0 Å². The summed E-state index contributed by atoms with van der Waals surface area (Å²) in [7, 11) is 0. The quantitative estimate of drug-likeness (QED) is 0.719. The van der Waals surface area contributed by atoms with Gasteiger partial charge in [-0.25, -0.2) is 0 Å². The van der Waals surface area contributed by atoms with Crippen LogP contribution in [0.4, 0.5) is 0 Å². The predicted molar refractivity (Wildman–Crippen MR) is 65.1 cm³/mol. The first kappa shape index (κ1) is 11.8. The molecule has 0 saturated carbocycles. The van der Waals surface area contributed by atoms with E-state index in [-0.39, 0.29) is 5.41 Å². The van der Waals surface area contributed by atoms with Crippen molar-refractivity contribution >= 4 is 0 Å². The standard InChI is InChI=1S/C14H20O/c1-5-6-13(14(2,3)4)11-7-9-12(15)10-8-11/h5-10,13,15H,1-4H3/b6-5+. The summed E-state index contributed by atoms with van der Waals surface area (Å²) in [5.74, 6) is 0.718. The average molecular weight is 204 g/mol. The van der Waals surface area contributed by atoms with Gasteiger partial charge < -0.3 is 5.11 Å². The summed E-state index contributed by atoms with van der Waals surface area (Å²) in [6, 6.07) is 7.48. The lowest BCUT2D eigenvalue weighted by Gasteiger charge is -2.28. The van der Waals surface area contributed by atoms with Crippen LogP contribution in [0.3, 0.4) is 0 Å². The molecule has 0 aromatic heterocycles. The number of phenols is 1. The number of aromatic hydroxyl groups is 1. The molecule has 1 aromatic rings. The highest BCUT2D eigenvalue weighted by Gasteiger charge is 2.23. The van der Waals surface area contributed by atoms with E-state index < -0.39 is 0 Å². The van der Waals surface area contributed by atoms with Crippen molar-refractivity contribution in [3.8, 4) is 5.75 Å². The minimum absolute atomic E-state index is 0.198. The normalized spacial score (nSPS) is 14.4. The van der Waals surface area contributed by atoms with Crippen LogP contribution in [0.15, 0.2) is 36.4 Å². The van der Waals surface area contributed by atoms with Gasteiger partial charge in [-0.1, -0.05) is 45.1 Å². The van der Waals surface area contributed by atoms with Crippen molar-refractivity contribution in [1.29, 1.82) is 0 Å². The van der Waals surface area contributed by atoms with Gasteiger partial charge in [-0.3, -0.25) is 0 Å². The maximum Gasteiger partial charge on any atom is 0.115 e. The number of phenolic OH excluding ortho intramolecular Hbond substituents is 1. The molecule has 0 bridgehead atoms. The van der Waals surface area contributed by atoms with Crippen molar-refractivity contribution in [1.82, 2.24) is 0 Å². The van der Waals surface area contributed by atoms with Crippen LogP contribution < -0.4 is 0 Å². The van der Waals surface area contributed by atoms with Crippen molar-refractivity contribution in [2.45, 2.75) is 33.6 Å². The van der Waals surface area contributed by atoms with E-state index in [9.17, 15) is 5.11 Å². The summed E-state index contributed by atoms with van der Waals surface area (Å²) in [4.78, 5) is 0. The first-order valence-electron chi connectivity index (χ1n) is 5.37. The van der Waals surface area contributed by atoms with Crippen LogP contribution in [-0.4, -0.2) is 5.11 Å². The van der Waals surface area contributed by atoms with Gasteiger partial charge in [-0.05, 0) is 30.0 Å². The Balaban J connectivity index is 3.05. The van der Waals surface area contributed by atoms with E-state index in [0.29, 0.717) is 11.7 Å². The van der Waals surface area contributed by atoms with E-state index in [1.54, 1.807) is 12.1 Å². The molecule has 1 N–H and O–H groups in total. The van der Waals surface area contributed by atoms with E-state index in [4.69, 9.17) is 0 Å². The fourth-order valence-electron chi connectivity index (χ4n) is 1.77. The molecule has 1 rings (SSSR count). The van der Waals surface area contributed by atoms with Crippen molar-refractivity contribution in [2.24, 2.45) is 5.41 Å². The SMILES string of the molecule is C/C=C/C(c1ccc(O)cc1)C(C)(C)C. The number of hydrogen-bond donors (Lipinski definition) is 1. The second-order valence-corrected chi connectivity index (χ2v) is 4.96. The Morgan fingerprint density at radius 2 is 1.67 bits per heavy atom. The van der Waals surface area contributed by atoms with E-state index in [1.807, 2.05) is 19.1 Å². The van der Waals surface area contributed by atoms with Gasteiger partial charge in [-0.2, -0.15) is 0 Å². The molecule has 1 unspecified atom stereocenters. The molecular weight excluding hydrogens is 184 g/mol. The maximum absolute atomic E-state index is 9.25. The summed E-state index contributed by atoms with van der Waals surface area (Å²) >= 11 is 0. The Labute approximate surface area is 92.5 Å². The van der Waals surface area contributed by atoms with Crippen LogP contribution in [0.1, 0.15) is 39.2 Å². The molecule has 0 radical (unpaired) electrons. The van der Waals surface area contributed by atoms with Crippen LogP contribution in [0.25, 0.3) is 0 Å². The fourth-order valence-corrected chi connectivity index (χ4v) is 1.77. The van der Waals surface area contributed by atoms with E-state index in [1.165, 1.54) is 5.56 Å². The monoisotopic (exact) mass is 204 g/mol. The predicted octanol–water partition coefficient (Wildman–Crippen LogP) is 4.10. The van der Waals surface area contributed by atoms with E-state index >= 15 is 0 Å². The largest absolute Gasteiger partial charge is 0.508 e. The lowest BCUT2D eigenvalue weighted by Crippen LogP contribution is -2.16. The number of hydrogen-bond acceptors (Lipinski definition) is 1. The Bertz CT molecular complexity index is 327. The van der Waals surface area contributed by atoms with Crippen LogP contribution in [0.5, 0.6) is 5.75 Å². The summed E-state index contributed by atoms with van der Waals surface area (Å²) < 4.78 is 0. The van der Waals surface area contributed by atoms with Gasteiger partial charge in [-0.15, -0.1) is 0 Å². The molecule has 0 amide bonds. The molecule has 0 aliphatic heterocycles. The molecule has 0 saturated heterocycles. The number of rotatable bonds is 2. The highest BCUT2D eigenvalue weighted by atomic mass is 16.3. The van der Waals surface area contributed by atoms with Gasteiger partial charge in [0.2, 0.25) is 0 Å². The van der Waals surface area contributed by atoms with Crippen LogP contribution >= 0.6 is 0 Å². The third kappa shape index (κ3) is 3.12. The lowest BCUT2D eigenvalue weighted by molar-refractivity contribution is 0.366. The molecule has 0 fully saturated rings. The van der Waals surface area contributed by atoms with Gasteiger partial charge in [0.25, 0.3) is 0 Å². The Kier molecular flexibility index (Phi) is 3.57. The zero-order valence-corrected chi connectivity index (χ0v) is 9.99. The van der Waals surface area contributed by atoms with Crippen LogP contribution in [0.2, 0.25) is 0 Å². The minimum atomic E-state index is 0.198. The summed E-state index contributed by atoms with van der Waals surface area (Å²) in [5, 5.41) is 9.25. The highest BCUT2D eigenvalue weighted by molar-refractivity contribution is 5.31. The Hall–Kier alpha value is -1.24. The molecule has 1 heteroatoms. The third-order valence-corrected chi connectivity index (χ3v) is 2.57. The van der Waals surface area contributed by atoms with Gasteiger partial charge in [0.1, 0.15) is 5.75 Å².